The zero-order valence-corrected chi connectivity index (χ0v) is 24.8. The molecular weight excluding hydrogens is 542 g/mol. The minimum Gasteiger partial charge on any atom is -0.310 e. The second kappa shape index (κ2) is 11.6. The van der Waals surface area contributed by atoms with E-state index in [2.05, 4.69) is 193 Å². The fourth-order valence-corrected chi connectivity index (χ4v) is 6.42. The molecule has 0 radical (unpaired) electrons. The zero-order chi connectivity index (χ0) is 30.0. The highest BCUT2D eigenvalue weighted by Gasteiger charge is 2.16. The summed E-state index contributed by atoms with van der Waals surface area (Å²) < 4.78 is 0. The van der Waals surface area contributed by atoms with Gasteiger partial charge in [-0.1, -0.05) is 146 Å². The molecule has 0 saturated carbocycles. The molecule has 0 bridgehead atoms. The zero-order valence-electron chi connectivity index (χ0n) is 24.8. The van der Waals surface area contributed by atoms with E-state index >= 15 is 0 Å². The number of anilines is 3. The first-order valence-corrected chi connectivity index (χ1v) is 15.4. The van der Waals surface area contributed by atoms with Gasteiger partial charge in [0.1, 0.15) is 0 Å². The van der Waals surface area contributed by atoms with E-state index in [-0.39, 0.29) is 0 Å². The molecule has 0 atom stereocenters. The summed E-state index contributed by atoms with van der Waals surface area (Å²) in [6.07, 6.45) is 0. The quantitative estimate of drug-likeness (QED) is 0.179. The van der Waals surface area contributed by atoms with E-state index in [1.54, 1.807) is 0 Å². The van der Waals surface area contributed by atoms with Crippen LogP contribution in [0.3, 0.4) is 0 Å². The monoisotopic (exact) mass is 573 g/mol. The van der Waals surface area contributed by atoms with Crippen molar-refractivity contribution in [3.05, 3.63) is 188 Å². The number of benzene rings is 8. The van der Waals surface area contributed by atoms with Gasteiger partial charge in [-0.2, -0.15) is 0 Å². The molecule has 0 aliphatic carbocycles. The third kappa shape index (κ3) is 5.15. The number of hydrogen-bond donors (Lipinski definition) is 0. The first-order valence-electron chi connectivity index (χ1n) is 15.4. The third-order valence-electron chi connectivity index (χ3n) is 8.65. The molecule has 0 fully saturated rings. The van der Waals surface area contributed by atoms with Crippen LogP contribution in [0.15, 0.2) is 188 Å². The maximum Gasteiger partial charge on any atom is 0.0467 e. The van der Waals surface area contributed by atoms with Crippen LogP contribution in [-0.2, 0) is 0 Å². The van der Waals surface area contributed by atoms with Gasteiger partial charge in [0.05, 0.1) is 0 Å². The summed E-state index contributed by atoms with van der Waals surface area (Å²) >= 11 is 0. The van der Waals surface area contributed by atoms with Crippen molar-refractivity contribution in [1.82, 2.24) is 0 Å². The lowest BCUT2D eigenvalue weighted by atomic mass is 9.93. The van der Waals surface area contributed by atoms with E-state index in [0.717, 1.165) is 17.1 Å². The number of nitrogens with zero attached hydrogens (tertiary/aromatic N) is 1. The van der Waals surface area contributed by atoms with E-state index in [9.17, 15) is 0 Å². The Bertz CT molecular complexity index is 2150. The molecule has 0 aliphatic rings. The average Bonchev–Trinajstić information content (AvgIpc) is 3.13. The molecule has 0 aliphatic heterocycles. The van der Waals surface area contributed by atoms with Crippen molar-refractivity contribution in [2.24, 2.45) is 0 Å². The normalized spacial score (nSPS) is 11.1. The maximum atomic E-state index is 2.36. The predicted octanol–water partition coefficient (Wildman–Crippen LogP) is 12.5. The van der Waals surface area contributed by atoms with Crippen LogP contribution in [0.1, 0.15) is 0 Å². The van der Waals surface area contributed by atoms with Gasteiger partial charge in [-0.15, -0.1) is 0 Å². The SMILES string of the molecule is c1ccc(-c2ccc(N(c3ccc(-c4ccccc4)cc3)c3cccc(-c4cc5ccccc5c5ccccc45)c3)cc2)cc1. The van der Waals surface area contributed by atoms with Gasteiger partial charge in [-0.3, -0.25) is 0 Å². The lowest BCUT2D eigenvalue weighted by Crippen LogP contribution is -2.10. The molecule has 45 heavy (non-hydrogen) atoms. The summed E-state index contributed by atoms with van der Waals surface area (Å²) in [6.45, 7) is 0. The number of hydrogen-bond acceptors (Lipinski definition) is 1. The molecule has 212 valence electrons. The van der Waals surface area contributed by atoms with Crippen molar-refractivity contribution in [3.63, 3.8) is 0 Å². The topological polar surface area (TPSA) is 3.24 Å². The molecule has 0 unspecified atom stereocenters. The molecule has 1 heteroatoms. The first kappa shape index (κ1) is 26.7. The lowest BCUT2D eigenvalue weighted by molar-refractivity contribution is 1.28. The lowest BCUT2D eigenvalue weighted by Gasteiger charge is -2.26. The van der Waals surface area contributed by atoms with E-state index < -0.39 is 0 Å². The van der Waals surface area contributed by atoms with Crippen LogP contribution in [0.2, 0.25) is 0 Å². The standard InChI is InChI=1S/C44H31N/c1-3-12-32(13-4-1)34-22-26-38(27-23-34)45(39-28-24-35(25-29-39)33-14-5-2-6-15-33)40-18-11-17-36(30-40)44-31-37-16-7-8-19-41(37)42-20-9-10-21-43(42)44/h1-31H. The van der Waals surface area contributed by atoms with Gasteiger partial charge in [0.15, 0.2) is 0 Å². The molecule has 0 N–H and O–H groups in total. The summed E-state index contributed by atoms with van der Waals surface area (Å²) in [4.78, 5) is 2.36. The van der Waals surface area contributed by atoms with Crippen molar-refractivity contribution >= 4 is 38.6 Å². The Labute approximate surface area is 264 Å². The Morgan fingerprint density at radius 2 is 0.733 bits per heavy atom. The number of fused-ring (bicyclic) bond motifs is 3. The van der Waals surface area contributed by atoms with Gasteiger partial charge >= 0.3 is 0 Å². The highest BCUT2D eigenvalue weighted by molar-refractivity contribution is 6.13. The molecule has 0 saturated heterocycles. The van der Waals surface area contributed by atoms with Gasteiger partial charge in [-0.05, 0) is 97.4 Å². The molecular formula is C44H31N. The second-order valence-electron chi connectivity index (χ2n) is 11.4. The van der Waals surface area contributed by atoms with E-state index in [1.165, 1.54) is 54.9 Å². The minimum atomic E-state index is 1.11. The van der Waals surface area contributed by atoms with E-state index in [4.69, 9.17) is 0 Å². The van der Waals surface area contributed by atoms with E-state index in [1.807, 2.05) is 0 Å². The van der Waals surface area contributed by atoms with Crippen LogP contribution in [0.25, 0.3) is 54.9 Å². The Hall–Kier alpha value is -5.92. The van der Waals surface area contributed by atoms with Crippen molar-refractivity contribution in [2.45, 2.75) is 0 Å². The molecule has 1 nitrogen and oxygen atoms in total. The van der Waals surface area contributed by atoms with Crippen LogP contribution < -0.4 is 4.90 Å². The molecule has 0 heterocycles. The summed E-state index contributed by atoms with van der Waals surface area (Å²) in [5, 5.41) is 5.08. The Morgan fingerprint density at radius 1 is 0.267 bits per heavy atom. The molecule has 0 spiro atoms. The third-order valence-corrected chi connectivity index (χ3v) is 8.65. The Balaban J connectivity index is 1.26. The van der Waals surface area contributed by atoms with Gasteiger partial charge in [0.2, 0.25) is 0 Å². The van der Waals surface area contributed by atoms with Crippen LogP contribution in [0.5, 0.6) is 0 Å². The molecule has 8 aromatic carbocycles. The summed E-state index contributed by atoms with van der Waals surface area (Å²) in [5.41, 5.74) is 10.6. The highest BCUT2D eigenvalue weighted by atomic mass is 15.1. The first-order chi connectivity index (χ1) is 22.3. The average molecular weight is 574 g/mol. The van der Waals surface area contributed by atoms with Crippen LogP contribution in [0, 0.1) is 0 Å². The van der Waals surface area contributed by atoms with Crippen LogP contribution in [0.4, 0.5) is 17.1 Å². The minimum absolute atomic E-state index is 1.11. The molecule has 0 aromatic heterocycles. The summed E-state index contributed by atoms with van der Waals surface area (Å²) in [7, 11) is 0. The highest BCUT2D eigenvalue weighted by Crippen LogP contribution is 2.40. The Kier molecular flexibility index (Phi) is 6.90. The van der Waals surface area contributed by atoms with E-state index in [0.29, 0.717) is 0 Å². The van der Waals surface area contributed by atoms with Gasteiger partial charge in [0.25, 0.3) is 0 Å². The van der Waals surface area contributed by atoms with Crippen molar-refractivity contribution in [3.8, 4) is 33.4 Å². The van der Waals surface area contributed by atoms with Crippen LogP contribution >= 0.6 is 0 Å². The van der Waals surface area contributed by atoms with Crippen molar-refractivity contribution in [2.75, 3.05) is 4.90 Å². The summed E-state index contributed by atoms with van der Waals surface area (Å²) in [5.74, 6) is 0. The maximum absolute atomic E-state index is 2.36. The van der Waals surface area contributed by atoms with Crippen molar-refractivity contribution in [1.29, 1.82) is 0 Å². The molecule has 8 rings (SSSR count). The molecule has 8 aromatic rings. The fraction of sp³-hybridized carbons (Fsp3) is 0. The predicted molar refractivity (Wildman–Crippen MR) is 192 cm³/mol. The van der Waals surface area contributed by atoms with Gasteiger partial charge in [-0.25, -0.2) is 0 Å². The van der Waals surface area contributed by atoms with Gasteiger partial charge in [0, 0.05) is 17.1 Å². The van der Waals surface area contributed by atoms with Crippen LogP contribution in [-0.4, -0.2) is 0 Å². The largest absolute Gasteiger partial charge is 0.310 e. The fourth-order valence-electron chi connectivity index (χ4n) is 6.42. The second-order valence-corrected chi connectivity index (χ2v) is 11.4. The number of rotatable bonds is 6. The van der Waals surface area contributed by atoms with Crippen molar-refractivity contribution < 1.29 is 0 Å². The van der Waals surface area contributed by atoms with Gasteiger partial charge < -0.3 is 4.90 Å². The smallest absolute Gasteiger partial charge is 0.0467 e. The Morgan fingerprint density at radius 3 is 1.33 bits per heavy atom. The molecule has 0 amide bonds. The summed E-state index contributed by atoms with van der Waals surface area (Å²) in [6, 6.07) is 67.6.